The topological polar surface area (TPSA) is 73.0 Å². The summed E-state index contributed by atoms with van der Waals surface area (Å²) in [5, 5.41) is 5.18. The Morgan fingerprint density at radius 1 is 1.15 bits per heavy atom. The fourth-order valence-corrected chi connectivity index (χ4v) is 5.67. The van der Waals surface area contributed by atoms with Gasteiger partial charge in [0.2, 0.25) is 5.91 Å². The molecule has 0 saturated carbocycles. The first kappa shape index (κ1) is 21.6. The molecule has 0 N–H and O–H groups in total. The summed E-state index contributed by atoms with van der Waals surface area (Å²) >= 11 is 1.65. The monoisotopic (exact) mass is 461 g/mol. The Morgan fingerprint density at radius 3 is 2.82 bits per heavy atom. The van der Waals surface area contributed by atoms with Crippen LogP contribution in [0.1, 0.15) is 40.8 Å². The predicted octanol–water partition coefficient (Wildman–Crippen LogP) is 3.63. The zero-order chi connectivity index (χ0) is 22.8. The lowest BCUT2D eigenvalue weighted by Gasteiger charge is -2.16. The van der Waals surface area contributed by atoms with E-state index in [2.05, 4.69) is 22.2 Å². The second-order valence-corrected chi connectivity index (χ2v) is 9.75. The van der Waals surface area contributed by atoms with Crippen molar-refractivity contribution in [2.45, 2.75) is 51.7 Å². The van der Waals surface area contributed by atoms with Crippen molar-refractivity contribution in [3.8, 4) is 0 Å². The fourth-order valence-electron chi connectivity index (χ4n) is 4.45. The molecular formula is C25H27N5O2S. The molecule has 0 saturated heterocycles. The third-order valence-electron chi connectivity index (χ3n) is 6.23. The third-order valence-corrected chi connectivity index (χ3v) is 7.43. The Morgan fingerprint density at radius 2 is 1.97 bits per heavy atom. The van der Waals surface area contributed by atoms with Gasteiger partial charge >= 0.3 is 0 Å². The maximum atomic E-state index is 13.1. The largest absolute Gasteiger partial charge is 0.341 e. The molecule has 0 fully saturated rings. The Labute approximate surface area is 196 Å². The summed E-state index contributed by atoms with van der Waals surface area (Å²) in [7, 11) is 1.79. The van der Waals surface area contributed by atoms with Crippen LogP contribution in [0.2, 0.25) is 0 Å². The van der Waals surface area contributed by atoms with E-state index >= 15 is 0 Å². The van der Waals surface area contributed by atoms with Crippen molar-refractivity contribution in [1.29, 1.82) is 0 Å². The van der Waals surface area contributed by atoms with E-state index in [0.29, 0.717) is 19.6 Å². The second kappa shape index (κ2) is 9.31. The number of fused-ring (bicyclic) bond motifs is 3. The molecular weight excluding hydrogens is 434 g/mol. The summed E-state index contributed by atoms with van der Waals surface area (Å²) in [5.74, 6) is -0.00912. The fraction of sp³-hybridized carbons (Fsp3) is 0.360. The molecule has 170 valence electrons. The van der Waals surface area contributed by atoms with Crippen LogP contribution in [0.3, 0.4) is 0 Å². The van der Waals surface area contributed by atoms with Gasteiger partial charge in [-0.2, -0.15) is 5.10 Å². The van der Waals surface area contributed by atoms with Gasteiger partial charge in [0.15, 0.2) is 0 Å². The van der Waals surface area contributed by atoms with Crippen LogP contribution in [-0.2, 0) is 37.3 Å². The zero-order valence-corrected chi connectivity index (χ0v) is 19.6. The van der Waals surface area contributed by atoms with E-state index in [1.54, 1.807) is 40.4 Å². The number of benzene rings is 1. The van der Waals surface area contributed by atoms with Crippen LogP contribution >= 0.6 is 11.3 Å². The van der Waals surface area contributed by atoms with Crippen LogP contribution in [0.25, 0.3) is 10.2 Å². The number of nitrogens with zero attached hydrogens (tertiary/aromatic N) is 5. The van der Waals surface area contributed by atoms with E-state index in [1.807, 2.05) is 29.1 Å². The van der Waals surface area contributed by atoms with Crippen LogP contribution in [0.15, 0.2) is 53.8 Å². The minimum absolute atomic E-state index is 0.00912. The molecule has 0 unspecified atom stereocenters. The van der Waals surface area contributed by atoms with E-state index in [1.165, 1.54) is 22.4 Å². The maximum Gasteiger partial charge on any atom is 0.262 e. The molecule has 0 aliphatic heterocycles. The van der Waals surface area contributed by atoms with Crippen molar-refractivity contribution >= 4 is 27.5 Å². The molecule has 8 heteroatoms. The van der Waals surface area contributed by atoms with Crippen LogP contribution in [-0.4, -0.2) is 37.2 Å². The van der Waals surface area contributed by atoms with Gasteiger partial charge in [0.25, 0.3) is 5.56 Å². The molecule has 3 heterocycles. The van der Waals surface area contributed by atoms with Gasteiger partial charge in [-0.15, -0.1) is 11.3 Å². The molecule has 4 aromatic rings. The van der Waals surface area contributed by atoms with Crippen LogP contribution in [0.5, 0.6) is 0 Å². The highest BCUT2D eigenvalue weighted by molar-refractivity contribution is 7.18. The number of amides is 1. The number of aryl methyl sites for hydroxylation is 3. The summed E-state index contributed by atoms with van der Waals surface area (Å²) < 4.78 is 3.47. The van der Waals surface area contributed by atoms with E-state index in [9.17, 15) is 9.59 Å². The normalized spacial score (nSPS) is 13.2. The Balaban J connectivity index is 1.21. The van der Waals surface area contributed by atoms with Gasteiger partial charge in [0.05, 0.1) is 24.5 Å². The molecule has 1 aliphatic carbocycles. The second-order valence-electron chi connectivity index (χ2n) is 8.67. The van der Waals surface area contributed by atoms with Crippen molar-refractivity contribution in [2.75, 3.05) is 7.05 Å². The van der Waals surface area contributed by atoms with Gasteiger partial charge in [-0.25, -0.2) is 4.98 Å². The maximum absolute atomic E-state index is 13.1. The van der Waals surface area contributed by atoms with Gasteiger partial charge in [-0.3, -0.25) is 18.8 Å². The molecule has 33 heavy (non-hydrogen) atoms. The standard InChI is InChI=1S/C25H27N5O2S/c1-28(14-19-13-27-30(16-19)15-18-7-3-2-4-8-18)22(31)11-12-29-17-26-24-23(25(29)32)20-9-5-6-10-21(20)33-24/h2-4,7-8,13,16-17H,5-6,9-12,14-15H2,1H3. The van der Waals surface area contributed by atoms with Crippen LogP contribution in [0, 0.1) is 0 Å². The van der Waals surface area contributed by atoms with Crippen molar-refractivity contribution in [3.05, 3.63) is 81.0 Å². The van der Waals surface area contributed by atoms with E-state index < -0.39 is 0 Å². The van der Waals surface area contributed by atoms with Gasteiger partial charge in [-0.1, -0.05) is 30.3 Å². The Kier molecular flexibility index (Phi) is 6.09. The highest BCUT2D eigenvalue weighted by Crippen LogP contribution is 2.33. The van der Waals surface area contributed by atoms with Crippen molar-refractivity contribution in [1.82, 2.24) is 24.2 Å². The van der Waals surface area contributed by atoms with Gasteiger partial charge < -0.3 is 4.90 Å². The van der Waals surface area contributed by atoms with Crippen molar-refractivity contribution in [3.63, 3.8) is 0 Å². The molecule has 1 amide bonds. The Hall–Kier alpha value is -3.26. The minimum atomic E-state index is -0.0166. The van der Waals surface area contributed by atoms with Gasteiger partial charge in [0.1, 0.15) is 4.83 Å². The summed E-state index contributed by atoms with van der Waals surface area (Å²) in [6.45, 7) is 1.52. The first-order valence-electron chi connectivity index (χ1n) is 11.4. The third kappa shape index (κ3) is 4.61. The molecule has 0 bridgehead atoms. The van der Waals surface area contributed by atoms with Crippen LogP contribution < -0.4 is 5.56 Å². The summed E-state index contributed by atoms with van der Waals surface area (Å²) in [6, 6.07) is 10.2. The number of carbonyl (C=O) groups is 1. The van der Waals surface area contributed by atoms with E-state index in [4.69, 9.17) is 0 Å². The average molecular weight is 462 g/mol. The highest BCUT2D eigenvalue weighted by atomic mass is 32.1. The van der Waals surface area contributed by atoms with E-state index in [0.717, 1.165) is 35.0 Å². The quantitative estimate of drug-likeness (QED) is 0.421. The number of carbonyl (C=O) groups excluding carboxylic acids is 1. The number of hydrogen-bond donors (Lipinski definition) is 0. The lowest BCUT2D eigenvalue weighted by Crippen LogP contribution is -2.29. The average Bonchev–Trinajstić information content (AvgIpc) is 3.43. The SMILES string of the molecule is CN(Cc1cnn(Cc2ccccc2)c1)C(=O)CCn1cnc2sc3c(c2c1=O)CCCC3. The van der Waals surface area contributed by atoms with E-state index in [-0.39, 0.29) is 17.9 Å². The summed E-state index contributed by atoms with van der Waals surface area (Å²) in [5.41, 5.74) is 3.33. The molecule has 3 aromatic heterocycles. The molecule has 5 rings (SSSR count). The molecule has 0 spiro atoms. The van der Waals surface area contributed by atoms with Crippen LogP contribution in [0.4, 0.5) is 0 Å². The molecule has 1 aliphatic rings. The number of thiophene rings is 1. The van der Waals surface area contributed by atoms with Gasteiger partial charge in [-0.05, 0) is 36.8 Å². The minimum Gasteiger partial charge on any atom is -0.341 e. The summed E-state index contributed by atoms with van der Waals surface area (Å²) in [4.78, 5) is 34.2. The smallest absolute Gasteiger partial charge is 0.262 e. The molecule has 1 aromatic carbocycles. The molecule has 0 radical (unpaired) electrons. The molecule has 0 atom stereocenters. The van der Waals surface area contributed by atoms with Crippen molar-refractivity contribution in [2.24, 2.45) is 0 Å². The molecule has 7 nitrogen and oxygen atoms in total. The first-order chi connectivity index (χ1) is 16.1. The lowest BCUT2D eigenvalue weighted by molar-refractivity contribution is -0.130. The Bertz CT molecular complexity index is 1340. The van der Waals surface area contributed by atoms with Gasteiger partial charge in [0, 0.05) is 43.2 Å². The first-order valence-corrected chi connectivity index (χ1v) is 12.2. The number of aromatic nitrogens is 4. The predicted molar refractivity (Wildman–Crippen MR) is 129 cm³/mol. The lowest BCUT2D eigenvalue weighted by atomic mass is 9.97. The number of hydrogen-bond acceptors (Lipinski definition) is 5. The zero-order valence-electron chi connectivity index (χ0n) is 18.7. The van der Waals surface area contributed by atoms with Crippen molar-refractivity contribution < 1.29 is 4.79 Å². The summed E-state index contributed by atoms with van der Waals surface area (Å²) in [6.07, 6.45) is 9.92. The number of rotatable bonds is 7. The highest BCUT2D eigenvalue weighted by Gasteiger charge is 2.20.